The van der Waals surface area contributed by atoms with Crippen molar-refractivity contribution in [2.24, 2.45) is 11.8 Å². The van der Waals surface area contributed by atoms with Crippen LogP contribution in [0.25, 0.3) is 0 Å². The molecule has 1 heterocycles. The Labute approximate surface area is 87.3 Å². The molecule has 2 atom stereocenters. The fourth-order valence-electron chi connectivity index (χ4n) is 1.43. The van der Waals surface area contributed by atoms with Gasteiger partial charge in [0.25, 0.3) is 0 Å². The zero-order chi connectivity index (χ0) is 10.8. The fraction of sp³-hybridized carbons (Fsp3) is 0.455. The zero-order valence-electron chi connectivity index (χ0n) is 8.44. The van der Waals surface area contributed by atoms with E-state index < -0.39 is 11.9 Å². The van der Waals surface area contributed by atoms with E-state index in [2.05, 4.69) is 11.9 Å². The van der Waals surface area contributed by atoms with Gasteiger partial charge in [-0.3, -0.25) is 0 Å². The molecule has 3 nitrogen and oxygen atoms in total. The first-order valence-corrected chi connectivity index (χ1v) is 4.95. The monoisotopic (exact) mass is 209 g/mol. The minimum atomic E-state index is -0.663. The van der Waals surface area contributed by atoms with Gasteiger partial charge in [0.1, 0.15) is 0 Å². The minimum absolute atomic E-state index is 0.218. The van der Waals surface area contributed by atoms with Gasteiger partial charge in [-0.25, -0.2) is 9.78 Å². The predicted octanol–water partition coefficient (Wildman–Crippen LogP) is 2.03. The number of halogens is 1. The molecule has 80 valence electrons. The van der Waals surface area contributed by atoms with Crippen LogP contribution in [0, 0.1) is 17.8 Å². The number of esters is 1. The van der Waals surface area contributed by atoms with E-state index in [0.717, 1.165) is 12.5 Å². The average molecular weight is 209 g/mol. The molecule has 0 aliphatic heterocycles. The lowest BCUT2D eigenvalue weighted by molar-refractivity contribution is 0.0480. The molecule has 0 spiro atoms. The second-order valence-corrected chi connectivity index (χ2v) is 3.94. The Morgan fingerprint density at radius 1 is 1.73 bits per heavy atom. The fourth-order valence-corrected chi connectivity index (χ4v) is 1.43. The molecule has 2 rings (SSSR count). The molecule has 1 saturated carbocycles. The summed E-state index contributed by atoms with van der Waals surface area (Å²) in [5.41, 5.74) is 0.218. The zero-order valence-corrected chi connectivity index (χ0v) is 8.44. The molecule has 1 fully saturated rings. The van der Waals surface area contributed by atoms with Gasteiger partial charge in [-0.15, -0.1) is 0 Å². The van der Waals surface area contributed by atoms with Crippen LogP contribution in [-0.2, 0) is 4.74 Å². The number of hydrogen-bond donors (Lipinski definition) is 0. The number of hydrogen-bond acceptors (Lipinski definition) is 3. The van der Waals surface area contributed by atoms with E-state index in [1.165, 1.54) is 12.3 Å². The van der Waals surface area contributed by atoms with Gasteiger partial charge in [0.15, 0.2) is 0 Å². The third-order valence-corrected chi connectivity index (χ3v) is 2.67. The summed E-state index contributed by atoms with van der Waals surface area (Å²) in [5.74, 6) is -0.00718. The molecule has 1 aliphatic rings. The Morgan fingerprint density at radius 2 is 2.47 bits per heavy atom. The summed E-state index contributed by atoms with van der Waals surface area (Å²) in [4.78, 5) is 14.8. The molecule has 0 bridgehead atoms. The highest BCUT2D eigenvalue weighted by atomic mass is 19.1. The lowest BCUT2D eigenvalue weighted by Gasteiger charge is -2.03. The van der Waals surface area contributed by atoms with Crippen LogP contribution in [0.3, 0.4) is 0 Å². The van der Waals surface area contributed by atoms with Crippen molar-refractivity contribution in [2.45, 2.75) is 13.3 Å². The molecule has 0 radical (unpaired) electrons. The Kier molecular flexibility index (Phi) is 2.66. The van der Waals surface area contributed by atoms with E-state index in [1.54, 1.807) is 0 Å². The summed E-state index contributed by atoms with van der Waals surface area (Å²) in [7, 11) is 0. The maximum absolute atomic E-state index is 12.7. The molecule has 0 aromatic carbocycles. The number of carbonyl (C=O) groups is 1. The normalized spacial score (nSPS) is 23.6. The molecule has 2 unspecified atom stereocenters. The van der Waals surface area contributed by atoms with Crippen LogP contribution in [0.2, 0.25) is 0 Å². The SMILES string of the molecule is CC1CC1COC(=O)c1ccnc(F)c1. The molecule has 1 aromatic heterocycles. The van der Waals surface area contributed by atoms with Crippen LogP contribution in [-0.4, -0.2) is 17.6 Å². The molecule has 0 amide bonds. The van der Waals surface area contributed by atoms with E-state index in [-0.39, 0.29) is 5.56 Å². The number of pyridine rings is 1. The van der Waals surface area contributed by atoms with Crippen molar-refractivity contribution in [1.29, 1.82) is 0 Å². The Morgan fingerprint density at radius 3 is 3.07 bits per heavy atom. The predicted molar refractivity (Wildman–Crippen MR) is 51.7 cm³/mol. The summed E-state index contributed by atoms with van der Waals surface area (Å²) in [6, 6.07) is 2.53. The maximum Gasteiger partial charge on any atom is 0.338 e. The smallest absolute Gasteiger partial charge is 0.338 e. The summed E-state index contributed by atoms with van der Waals surface area (Å²) in [6.45, 7) is 2.55. The lowest BCUT2D eigenvalue weighted by Crippen LogP contribution is -2.08. The van der Waals surface area contributed by atoms with Gasteiger partial charge < -0.3 is 4.74 Å². The number of carbonyl (C=O) groups excluding carboxylic acids is 1. The standard InChI is InChI=1S/C11H12FNO2/c1-7-4-9(7)6-15-11(14)8-2-3-13-10(12)5-8/h2-3,5,7,9H,4,6H2,1H3. The van der Waals surface area contributed by atoms with Crippen molar-refractivity contribution in [3.63, 3.8) is 0 Å². The first-order chi connectivity index (χ1) is 7.16. The van der Waals surface area contributed by atoms with E-state index in [4.69, 9.17) is 4.74 Å². The molecule has 1 aromatic rings. The van der Waals surface area contributed by atoms with Crippen LogP contribution in [0.5, 0.6) is 0 Å². The third kappa shape index (κ3) is 2.52. The summed E-state index contributed by atoms with van der Waals surface area (Å²) >= 11 is 0. The number of ether oxygens (including phenoxy) is 1. The van der Waals surface area contributed by atoms with Crippen molar-refractivity contribution in [3.8, 4) is 0 Å². The highest BCUT2D eigenvalue weighted by molar-refractivity contribution is 5.89. The number of nitrogens with zero attached hydrogens (tertiary/aromatic N) is 1. The molecule has 15 heavy (non-hydrogen) atoms. The van der Waals surface area contributed by atoms with E-state index in [9.17, 15) is 9.18 Å². The quantitative estimate of drug-likeness (QED) is 0.564. The van der Waals surface area contributed by atoms with Crippen molar-refractivity contribution in [3.05, 3.63) is 29.8 Å². The van der Waals surface area contributed by atoms with Crippen molar-refractivity contribution in [2.75, 3.05) is 6.61 Å². The van der Waals surface area contributed by atoms with Crippen molar-refractivity contribution in [1.82, 2.24) is 4.98 Å². The lowest BCUT2D eigenvalue weighted by atomic mass is 10.3. The first-order valence-electron chi connectivity index (χ1n) is 4.95. The molecule has 0 saturated heterocycles. The second-order valence-electron chi connectivity index (χ2n) is 3.94. The van der Waals surface area contributed by atoms with Crippen LogP contribution in [0.15, 0.2) is 18.3 Å². The largest absolute Gasteiger partial charge is 0.462 e. The molecular formula is C11H12FNO2. The van der Waals surface area contributed by atoms with Gasteiger partial charge in [0, 0.05) is 12.3 Å². The highest BCUT2D eigenvalue weighted by Crippen LogP contribution is 2.37. The van der Waals surface area contributed by atoms with Crippen LogP contribution in [0.4, 0.5) is 4.39 Å². The van der Waals surface area contributed by atoms with E-state index >= 15 is 0 Å². The van der Waals surface area contributed by atoms with Crippen LogP contribution >= 0.6 is 0 Å². The van der Waals surface area contributed by atoms with Gasteiger partial charge in [-0.2, -0.15) is 4.39 Å². The van der Waals surface area contributed by atoms with Crippen molar-refractivity contribution < 1.29 is 13.9 Å². The summed E-state index contributed by atoms with van der Waals surface area (Å²) in [6.07, 6.45) is 2.36. The van der Waals surface area contributed by atoms with Gasteiger partial charge in [-0.1, -0.05) is 6.92 Å². The second kappa shape index (κ2) is 3.96. The van der Waals surface area contributed by atoms with Crippen molar-refractivity contribution >= 4 is 5.97 Å². The number of rotatable bonds is 3. The summed E-state index contributed by atoms with van der Waals surface area (Å²) < 4.78 is 17.7. The van der Waals surface area contributed by atoms with Crippen LogP contribution < -0.4 is 0 Å². The first kappa shape index (κ1) is 10.1. The van der Waals surface area contributed by atoms with Crippen LogP contribution in [0.1, 0.15) is 23.7 Å². The van der Waals surface area contributed by atoms with Gasteiger partial charge in [0.2, 0.25) is 5.95 Å². The van der Waals surface area contributed by atoms with E-state index in [0.29, 0.717) is 18.4 Å². The van der Waals surface area contributed by atoms with Gasteiger partial charge in [0.05, 0.1) is 12.2 Å². The molecule has 4 heteroatoms. The highest BCUT2D eigenvalue weighted by Gasteiger charge is 2.33. The third-order valence-electron chi connectivity index (χ3n) is 2.67. The van der Waals surface area contributed by atoms with E-state index in [1.807, 2.05) is 0 Å². The topological polar surface area (TPSA) is 39.2 Å². The molecule has 0 N–H and O–H groups in total. The minimum Gasteiger partial charge on any atom is -0.462 e. The molecular weight excluding hydrogens is 197 g/mol. The Hall–Kier alpha value is -1.45. The maximum atomic E-state index is 12.7. The Bertz CT molecular complexity index is 381. The Balaban J connectivity index is 1.90. The summed E-state index contributed by atoms with van der Waals surface area (Å²) in [5, 5.41) is 0. The van der Waals surface area contributed by atoms with Gasteiger partial charge in [-0.05, 0) is 24.3 Å². The average Bonchev–Trinajstić information content (AvgIpc) is 2.91. The number of aromatic nitrogens is 1. The van der Waals surface area contributed by atoms with Gasteiger partial charge >= 0.3 is 5.97 Å². The molecule has 1 aliphatic carbocycles.